The normalized spacial score (nSPS) is 14.7. The molecule has 9 heteroatoms. The van der Waals surface area contributed by atoms with Crippen LogP contribution in [-0.4, -0.2) is 62.0 Å². The van der Waals surface area contributed by atoms with Crippen LogP contribution in [0.5, 0.6) is 5.75 Å². The van der Waals surface area contributed by atoms with Gasteiger partial charge in [0.1, 0.15) is 23.6 Å². The highest BCUT2D eigenvalue weighted by Gasteiger charge is 2.23. The minimum Gasteiger partial charge on any atom is -0.496 e. The Morgan fingerprint density at radius 1 is 1.24 bits per heavy atom. The van der Waals surface area contributed by atoms with Crippen LogP contribution in [0.25, 0.3) is 11.5 Å². The van der Waals surface area contributed by atoms with Gasteiger partial charge in [0.2, 0.25) is 0 Å². The van der Waals surface area contributed by atoms with Gasteiger partial charge in [-0.2, -0.15) is 0 Å². The molecule has 0 saturated carbocycles. The minimum absolute atomic E-state index is 0.0478. The first-order valence-corrected chi connectivity index (χ1v) is 11.1. The van der Waals surface area contributed by atoms with Gasteiger partial charge in [-0.3, -0.25) is 9.69 Å². The second kappa shape index (κ2) is 9.68. The summed E-state index contributed by atoms with van der Waals surface area (Å²) in [6.45, 7) is 7.99. The maximum Gasteiger partial charge on any atom is 0.260 e. The predicted octanol–water partition coefficient (Wildman–Crippen LogP) is 2.92. The van der Waals surface area contributed by atoms with Crippen LogP contribution in [0.2, 0.25) is 0 Å². The van der Waals surface area contributed by atoms with Gasteiger partial charge in [0.05, 0.1) is 25.3 Å². The van der Waals surface area contributed by atoms with Crippen molar-refractivity contribution in [1.82, 2.24) is 24.6 Å². The number of pyridine rings is 1. The molecule has 0 aliphatic carbocycles. The highest BCUT2D eigenvalue weighted by atomic mass is 16.5. The van der Waals surface area contributed by atoms with Gasteiger partial charge < -0.3 is 19.7 Å². The number of carbonyl (C=O) groups is 1. The topological polar surface area (TPSA) is 105 Å². The molecule has 3 heterocycles. The summed E-state index contributed by atoms with van der Waals surface area (Å²) < 4.78 is 7.29. The highest BCUT2D eigenvalue weighted by Crippen LogP contribution is 2.29. The number of ether oxygens (including phenoxy) is 1. The molecular weight excluding hydrogens is 420 g/mol. The summed E-state index contributed by atoms with van der Waals surface area (Å²) >= 11 is 0. The van der Waals surface area contributed by atoms with Gasteiger partial charge in [-0.1, -0.05) is 6.07 Å². The molecule has 2 aromatic heterocycles. The first-order valence-electron chi connectivity index (χ1n) is 11.1. The van der Waals surface area contributed by atoms with Crippen molar-refractivity contribution in [3.8, 4) is 17.3 Å². The first-order chi connectivity index (χ1) is 15.9. The van der Waals surface area contributed by atoms with Gasteiger partial charge in [0, 0.05) is 19.1 Å². The lowest BCUT2D eigenvalue weighted by Crippen LogP contribution is -2.36. The van der Waals surface area contributed by atoms with E-state index in [4.69, 9.17) is 4.74 Å². The predicted molar refractivity (Wildman–Crippen MR) is 125 cm³/mol. The largest absolute Gasteiger partial charge is 0.496 e. The van der Waals surface area contributed by atoms with E-state index in [1.165, 1.54) is 5.56 Å². The van der Waals surface area contributed by atoms with Crippen LogP contribution >= 0.6 is 0 Å². The number of rotatable bonds is 7. The third kappa shape index (κ3) is 4.74. The third-order valence-corrected chi connectivity index (χ3v) is 6.07. The number of fused-ring (bicyclic) bond motifs is 1. The van der Waals surface area contributed by atoms with Crippen molar-refractivity contribution in [3.05, 3.63) is 53.3 Å². The molecule has 33 heavy (non-hydrogen) atoms. The van der Waals surface area contributed by atoms with Crippen LogP contribution in [-0.2, 0) is 13.0 Å². The number of aromatic nitrogens is 4. The molecule has 9 nitrogen and oxygen atoms in total. The lowest BCUT2D eigenvalue weighted by molar-refractivity contribution is 0.102. The zero-order valence-electron chi connectivity index (χ0n) is 19.4. The Kier molecular flexibility index (Phi) is 6.71. The number of hydrogen-bond donors (Lipinski definition) is 2. The lowest BCUT2D eigenvalue weighted by atomic mass is 9.95. The van der Waals surface area contributed by atoms with Crippen molar-refractivity contribution in [1.29, 1.82) is 0 Å². The SMILES string of the molecule is COc1cc2c(cc1C(=O)Nc1cccc(-c3nncn3[C@H](C)CO)n1)CN(C(C)C)CC2. The van der Waals surface area contributed by atoms with E-state index < -0.39 is 0 Å². The summed E-state index contributed by atoms with van der Waals surface area (Å²) in [4.78, 5) is 20.1. The van der Waals surface area contributed by atoms with Crippen LogP contribution in [0.4, 0.5) is 5.82 Å². The van der Waals surface area contributed by atoms with Gasteiger partial charge in [0.25, 0.3) is 5.91 Å². The summed E-state index contributed by atoms with van der Waals surface area (Å²) in [5.41, 5.74) is 3.40. The number of nitrogens with one attached hydrogen (secondary N) is 1. The Balaban J connectivity index is 1.60. The molecule has 0 unspecified atom stereocenters. The number of aliphatic hydroxyl groups is 1. The van der Waals surface area contributed by atoms with Crippen molar-refractivity contribution in [2.24, 2.45) is 0 Å². The fourth-order valence-electron chi connectivity index (χ4n) is 4.04. The van der Waals surface area contributed by atoms with Crippen molar-refractivity contribution in [3.63, 3.8) is 0 Å². The van der Waals surface area contributed by atoms with E-state index in [1.807, 2.05) is 19.1 Å². The van der Waals surface area contributed by atoms with E-state index in [2.05, 4.69) is 39.2 Å². The number of carbonyl (C=O) groups excluding carboxylic acids is 1. The number of aliphatic hydroxyl groups excluding tert-OH is 1. The van der Waals surface area contributed by atoms with E-state index >= 15 is 0 Å². The number of methoxy groups -OCH3 is 1. The summed E-state index contributed by atoms with van der Waals surface area (Å²) in [7, 11) is 1.58. The molecule has 3 aromatic rings. The molecule has 2 N–H and O–H groups in total. The van der Waals surface area contributed by atoms with Gasteiger partial charge >= 0.3 is 0 Å². The molecule has 1 amide bonds. The number of benzene rings is 1. The van der Waals surface area contributed by atoms with E-state index in [0.717, 1.165) is 25.1 Å². The summed E-state index contributed by atoms with van der Waals surface area (Å²) in [6, 6.07) is 9.47. The molecule has 1 atom stereocenters. The second-order valence-electron chi connectivity index (χ2n) is 8.59. The van der Waals surface area contributed by atoms with Crippen LogP contribution in [0.1, 0.15) is 48.3 Å². The molecule has 0 radical (unpaired) electrons. The number of anilines is 1. The Morgan fingerprint density at radius 2 is 2.06 bits per heavy atom. The van der Waals surface area contributed by atoms with E-state index in [-0.39, 0.29) is 18.6 Å². The van der Waals surface area contributed by atoms with Gasteiger partial charge in [0.15, 0.2) is 5.82 Å². The standard InChI is InChI=1S/C24H30N6O3/c1-15(2)29-9-8-17-11-21(33-4)19(10-18(17)12-29)24(32)27-22-7-5-6-20(26-22)23-28-25-14-30(23)16(3)13-31/h5-7,10-11,14-16,31H,8-9,12-13H2,1-4H3,(H,26,27,32)/t16-/m1/s1. The maximum atomic E-state index is 13.2. The van der Waals surface area contributed by atoms with E-state index in [9.17, 15) is 9.90 Å². The average Bonchev–Trinajstić information content (AvgIpc) is 3.32. The smallest absolute Gasteiger partial charge is 0.260 e. The Morgan fingerprint density at radius 3 is 2.79 bits per heavy atom. The zero-order valence-corrected chi connectivity index (χ0v) is 19.4. The van der Waals surface area contributed by atoms with Crippen LogP contribution in [0, 0.1) is 0 Å². The van der Waals surface area contributed by atoms with E-state index in [1.54, 1.807) is 36.2 Å². The quantitative estimate of drug-likeness (QED) is 0.570. The van der Waals surface area contributed by atoms with Crippen molar-refractivity contribution < 1.29 is 14.6 Å². The summed E-state index contributed by atoms with van der Waals surface area (Å²) in [6.07, 6.45) is 2.49. The van der Waals surface area contributed by atoms with Gasteiger partial charge in [-0.25, -0.2) is 4.98 Å². The highest BCUT2D eigenvalue weighted by molar-refractivity contribution is 6.06. The maximum absolute atomic E-state index is 13.2. The molecule has 0 spiro atoms. The molecule has 4 rings (SSSR count). The van der Waals surface area contributed by atoms with Gasteiger partial charge in [-0.15, -0.1) is 10.2 Å². The van der Waals surface area contributed by atoms with Gasteiger partial charge in [-0.05, 0) is 62.6 Å². The van der Waals surface area contributed by atoms with Crippen molar-refractivity contribution >= 4 is 11.7 Å². The average molecular weight is 451 g/mol. The van der Waals surface area contributed by atoms with Crippen LogP contribution < -0.4 is 10.1 Å². The van der Waals surface area contributed by atoms with Crippen LogP contribution in [0.15, 0.2) is 36.7 Å². The molecule has 0 saturated heterocycles. The Labute approximate surface area is 193 Å². The monoisotopic (exact) mass is 450 g/mol. The summed E-state index contributed by atoms with van der Waals surface area (Å²) in [5.74, 6) is 1.18. The Bertz CT molecular complexity index is 1140. The number of hydrogen-bond acceptors (Lipinski definition) is 7. The molecule has 1 aromatic carbocycles. The first kappa shape index (κ1) is 22.9. The van der Waals surface area contributed by atoms with Crippen molar-refractivity contribution in [2.45, 2.75) is 45.8 Å². The Hall–Kier alpha value is -3.30. The van der Waals surface area contributed by atoms with E-state index in [0.29, 0.717) is 34.7 Å². The molecule has 1 aliphatic heterocycles. The van der Waals surface area contributed by atoms with Crippen LogP contribution in [0.3, 0.4) is 0 Å². The zero-order chi connectivity index (χ0) is 23.5. The lowest BCUT2D eigenvalue weighted by Gasteiger charge is -2.32. The fourth-order valence-corrected chi connectivity index (χ4v) is 4.04. The molecule has 1 aliphatic rings. The fraction of sp³-hybridized carbons (Fsp3) is 0.417. The third-order valence-electron chi connectivity index (χ3n) is 6.07. The molecule has 174 valence electrons. The minimum atomic E-state index is -0.286. The second-order valence-corrected chi connectivity index (χ2v) is 8.59. The number of amides is 1. The molecule has 0 fully saturated rings. The molecule has 0 bridgehead atoms. The number of nitrogens with zero attached hydrogens (tertiary/aromatic N) is 5. The molecular formula is C24H30N6O3. The summed E-state index contributed by atoms with van der Waals surface area (Å²) in [5, 5.41) is 20.5. The van der Waals surface area contributed by atoms with Crippen molar-refractivity contribution in [2.75, 3.05) is 25.6 Å².